The predicted octanol–water partition coefficient (Wildman–Crippen LogP) is 1.64. The van der Waals surface area contributed by atoms with E-state index in [1.807, 2.05) is 5.38 Å². The fourth-order valence-corrected chi connectivity index (χ4v) is 4.38. The Morgan fingerprint density at radius 3 is 3.06 bits per heavy atom. The predicted molar refractivity (Wildman–Crippen MR) is 62.1 cm³/mol. The van der Waals surface area contributed by atoms with Gasteiger partial charge in [0.1, 0.15) is 0 Å². The van der Waals surface area contributed by atoms with Crippen LogP contribution in [0.1, 0.15) is 0 Å². The first kappa shape index (κ1) is 9.96. The molecule has 0 atom stereocenters. The van der Waals surface area contributed by atoms with Crippen molar-refractivity contribution in [2.45, 2.75) is 0 Å². The molecule has 0 unspecified atom stereocenters. The van der Waals surface area contributed by atoms with Crippen LogP contribution in [0, 0.1) is 5.82 Å². The number of fused-ring (bicyclic) bond motifs is 1. The van der Waals surface area contributed by atoms with Crippen LogP contribution in [-0.2, 0) is 0 Å². The van der Waals surface area contributed by atoms with Gasteiger partial charge in [0.25, 0.3) is 0 Å². The molecule has 3 aromatic rings. The average molecular weight is 299 g/mol. The quantitative estimate of drug-likeness (QED) is 0.640. The normalized spacial score (nSPS) is 11.1. The van der Waals surface area contributed by atoms with Gasteiger partial charge in [-0.2, -0.15) is 0 Å². The summed E-state index contributed by atoms with van der Waals surface area (Å²) in [5.41, 5.74) is -0.0787. The summed E-state index contributed by atoms with van der Waals surface area (Å²) < 4.78 is 15.4. The van der Waals surface area contributed by atoms with Crippen LogP contribution in [0.5, 0.6) is 0 Å². The number of thiazole rings is 1. The van der Waals surface area contributed by atoms with Crippen molar-refractivity contribution < 1.29 is 4.39 Å². The molecule has 0 aliphatic heterocycles. The van der Waals surface area contributed by atoms with Crippen LogP contribution in [0.3, 0.4) is 0 Å². The van der Waals surface area contributed by atoms with Gasteiger partial charge in [0.2, 0.25) is 0 Å². The maximum atomic E-state index is 13.0. The first-order chi connectivity index (χ1) is 7.75. The summed E-state index contributed by atoms with van der Waals surface area (Å²) in [5.74, 6) is -0.297. The van der Waals surface area contributed by atoms with Crippen molar-refractivity contribution in [3.8, 4) is 5.13 Å². The summed E-state index contributed by atoms with van der Waals surface area (Å²) in [6.45, 7) is 0. The van der Waals surface area contributed by atoms with Gasteiger partial charge in [-0.15, -0.1) is 0 Å². The van der Waals surface area contributed by atoms with Gasteiger partial charge in [0, 0.05) is 0 Å². The summed E-state index contributed by atoms with van der Waals surface area (Å²) in [4.78, 5) is 16.1. The van der Waals surface area contributed by atoms with E-state index < -0.39 is 0 Å². The Balaban J connectivity index is 2.36. The van der Waals surface area contributed by atoms with E-state index in [0.29, 0.717) is 10.5 Å². The van der Waals surface area contributed by atoms with E-state index in [9.17, 15) is 9.18 Å². The van der Waals surface area contributed by atoms with E-state index in [1.54, 1.807) is 15.8 Å². The molecule has 2 aromatic heterocycles. The Labute approximate surface area is 99.8 Å². The molecule has 0 aliphatic carbocycles. The zero-order valence-electron chi connectivity index (χ0n) is 7.88. The van der Waals surface area contributed by atoms with Crippen LogP contribution < -0.4 is 5.56 Å². The number of benzene rings is 1. The molecule has 0 spiro atoms. The Bertz CT molecular complexity index is 701. The first-order valence-electron chi connectivity index (χ1n) is 4.47. The second-order valence-corrected chi connectivity index (χ2v) is 6.09. The van der Waals surface area contributed by atoms with Crippen LogP contribution in [0.2, 0.25) is 0 Å². The number of hydrogen-bond acceptors (Lipinski definition) is 3. The second kappa shape index (κ2) is 3.66. The monoisotopic (exact) mass is 300 g/mol. The van der Waals surface area contributed by atoms with E-state index in [0.717, 1.165) is 4.26 Å². The summed E-state index contributed by atoms with van der Waals surface area (Å²) in [5, 5.41) is 3.10. The Kier molecular flexibility index (Phi) is 2.28. The summed E-state index contributed by atoms with van der Waals surface area (Å²) in [6.07, 6.45) is 1.66. The molecule has 0 amide bonds. The molecule has 80 valence electrons. The van der Waals surface area contributed by atoms with Crippen LogP contribution in [-0.4, -0.2) is 23.3 Å². The van der Waals surface area contributed by atoms with E-state index in [1.165, 1.54) is 23.5 Å². The van der Waals surface area contributed by atoms with Gasteiger partial charge in [-0.25, -0.2) is 0 Å². The molecule has 0 saturated heterocycles. The Morgan fingerprint density at radius 1 is 1.44 bits per heavy atom. The molecule has 0 aliphatic rings. The van der Waals surface area contributed by atoms with E-state index in [2.05, 4.69) is 4.98 Å². The van der Waals surface area contributed by atoms with Crippen molar-refractivity contribution >= 4 is 35.7 Å². The molecule has 16 heavy (non-hydrogen) atoms. The van der Waals surface area contributed by atoms with Crippen molar-refractivity contribution in [1.29, 1.82) is 0 Å². The molecule has 3 nitrogen and oxygen atoms in total. The molecule has 0 saturated carbocycles. The zero-order valence-corrected chi connectivity index (χ0v) is 10.4. The third-order valence-corrected chi connectivity index (χ3v) is 5.37. The van der Waals surface area contributed by atoms with Crippen LogP contribution in [0.25, 0.3) is 14.8 Å². The summed E-state index contributed by atoms with van der Waals surface area (Å²) in [7, 11) is 0. The maximum absolute atomic E-state index is 13.0. The minimum absolute atomic E-state index is 0.0787. The van der Waals surface area contributed by atoms with Crippen molar-refractivity contribution in [1.82, 2.24) is 8.55 Å². The molecular formula is C10H5FN2OSSe. The van der Waals surface area contributed by atoms with Crippen LogP contribution in [0.15, 0.2) is 34.6 Å². The summed E-state index contributed by atoms with van der Waals surface area (Å²) in [6, 6.07) is 4.29. The van der Waals surface area contributed by atoms with Gasteiger partial charge in [0.15, 0.2) is 0 Å². The third kappa shape index (κ3) is 1.46. The molecule has 0 fully saturated rings. The number of hydrogen-bond donors (Lipinski definition) is 0. The molecule has 0 bridgehead atoms. The van der Waals surface area contributed by atoms with E-state index in [-0.39, 0.29) is 26.1 Å². The minimum atomic E-state index is -0.297. The number of rotatable bonds is 1. The van der Waals surface area contributed by atoms with Crippen molar-refractivity contribution in [2.24, 2.45) is 0 Å². The SMILES string of the molecule is O=c1c2ccc(F)cc2[se]n1-c1nccs1. The number of halogens is 1. The molecule has 2 heterocycles. The van der Waals surface area contributed by atoms with Crippen LogP contribution >= 0.6 is 11.3 Å². The molecule has 3 rings (SSSR count). The van der Waals surface area contributed by atoms with E-state index in [4.69, 9.17) is 0 Å². The van der Waals surface area contributed by atoms with Crippen molar-refractivity contribution in [2.75, 3.05) is 0 Å². The first-order valence-corrected chi connectivity index (χ1v) is 6.97. The van der Waals surface area contributed by atoms with Gasteiger partial charge < -0.3 is 0 Å². The summed E-state index contributed by atoms with van der Waals surface area (Å²) >= 11 is 1.21. The molecule has 0 N–H and O–H groups in total. The third-order valence-electron chi connectivity index (χ3n) is 2.14. The average Bonchev–Trinajstić information content (AvgIpc) is 2.86. The standard InChI is InChI=1S/C10H5FN2OSSe/c11-6-1-2-7-8(5-6)16-13(9(7)14)10-12-3-4-15-10/h1-5H. The zero-order chi connectivity index (χ0) is 11.1. The molecule has 0 radical (unpaired) electrons. The fourth-order valence-electron chi connectivity index (χ4n) is 1.44. The van der Waals surface area contributed by atoms with E-state index >= 15 is 0 Å². The molecule has 6 heteroatoms. The van der Waals surface area contributed by atoms with Gasteiger partial charge in [-0.1, -0.05) is 0 Å². The van der Waals surface area contributed by atoms with Gasteiger partial charge in [-0.3, -0.25) is 0 Å². The second-order valence-electron chi connectivity index (χ2n) is 3.15. The number of nitrogens with zero attached hydrogens (tertiary/aromatic N) is 2. The van der Waals surface area contributed by atoms with Crippen molar-refractivity contribution in [3.05, 3.63) is 45.9 Å². The topological polar surface area (TPSA) is 34.9 Å². The van der Waals surface area contributed by atoms with Gasteiger partial charge >= 0.3 is 99.7 Å². The van der Waals surface area contributed by atoms with Crippen LogP contribution in [0.4, 0.5) is 4.39 Å². The Hall–Kier alpha value is -1.23. The Morgan fingerprint density at radius 2 is 2.31 bits per heavy atom. The van der Waals surface area contributed by atoms with Gasteiger partial charge in [-0.05, 0) is 0 Å². The number of aromatic nitrogens is 2. The fraction of sp³-hybridized carbons (Fsp3) is 0. The van der Waals surface area contributed by atoms with Crippen molar-refractivity contribution in [3.63, 3.8) is 0 Å². The molecular weight excluding hydrogens is 294 g/mol. The van der Waals surface area contributed by atoms with Gasteiger partial charge in [0.05, 0.1) is 0 Å². The molecule has 1 aromatic carbocycles.